The predicted octanol–water partition coefficient (Wildman–Crippen LogP) is 5.46. The van der Waals surface area contributed by atoms with Gasteiger partial charge in [-0.05, 0) is 103 Å². The highest BCUT2D eigenvalue weighted by Gasteiger charge is 2.87. The number of rotatable bonds is 1. The molecule has 7 aliphatic rings. The van der Waals surface area contributed by atoms with Crippen LogP contribution in [0.2, 0.25) is 0 Å². The van der Waals surface area contributed by atoms with Crippen molar-refractivity contribution >= 4 is 0 Å². The highest BCUT2D eigenvalue weighted by Crippen LogP contribution is 2.90. The van der Waals surface area contributed by atoms with Crippen LogP contribution < -0.4 is 0 Å². The third-order valence-corrected chi connectivity index (χ3v) is 14.0. The van der Waals surface area contributed by atoms with Crippen molar-refractivity contribution < 1.29 is 19.7 Å². The van der Waals surface area contributed by atoms with E-state index >= 15 is 0 Å². The van der Waals surface area contributed by atoms with Crippen LogP contribution in [-0.2, 0) is 9.47 Å². The maximum Gasteiger partial charge on any atom is 0.199 e. The Morgan fingerprint density at radius 1 is 0.912 bits per heavy atom. The molecule has 5 aliphatic carbocycles. The summed E-state index contributed by atoms with van der Waals surface area (Å²) in [7, 11) is 0. The van der Waals surface area contributed by atoms with E-state index in [0.717, 1.165) is 31.3 Å². The second kappa shape index (κ2) is 6.17. The zero-order valence-electron chi connectivity index (χ0n) is 22.2. The largest absolute Gasteiger partial charge is 0.393 e. The van der Waals surface area contributed by atoms with Gasteiger partial charge in [0.25, 0.3) is 0 Å². The van der Waals surface area contributed by atoms with Crippen molar-refractivity contribution in [3.05, 3.63) is 12.2 Å². The molecule has 0 aromatic heterocycles. The van der Waals surface area contributed by atoms with E-state index in [4.69, 9.17) is 9.47 Å². The van der Waals surface area contributed by atoms with Gasteiger partial charge in [0.15, 0.2) is 5.79 Å². The SMILES string of the molecule is C=C(C)[C@@H]1O[C@@]23O[C@@H]1C[C@@H](C)[C@@H]2[C@@]1(C)CC[C@@]24C[C@@]25CC[C@H](O)C(C)(C)[C@@H]5CC[C@H]4[C@]1(C)[C@H]3O. The maximum atomic E-state index is 12.4. The smallest absolute Gasteiger partial charge is 0.199 e. The van der Waals surface area contributed by atoms with Crippen LogP contribution in [0.25, 0.3) is 0 Å². The van der Waals surface area contributed by atoms with Crippen molar-refractivity contribution in [1.29, 1.82) is 0 Å². The van der Waals surface area contributed by atoms with E-state index in [0.29, 0.717) is 28.6 Å². The first-order valence-electron chi connectivity index (χ1n) is 14.2. The molecule has 7 rings (SSSR count). The Bertz CT molecular complexity index is 959. The molecule has 7 fully saturated rings. The lowest BCUT2D eigenvalue weighted by atomic mass is 9.41. The zero-order chi connectivity index (χ0) is 24.3. The molecule has 190 valence electrons. The molecule has 34 heavy (non-hydrogen) atoms. The standard InChI is InChI=1S/C30H46O4/c1-16(2)22-18-14-17(3)23-26(6)12-13-29-15-28(29)11-10-21(31)25(4,5)19(28)8-9-20(29)27(26,7)24(32)30(23,33-18)34-22/h17-24,31-32H,1,8-15H2,2-7H3/t17-,18-,19+,20+,21+,22+,23-,24-,26-,27-,28-,29+,30+/m1/s1. The van der Waals surface area contributed by atoms with Gasteiger partial charge in [-0.2, -0.15) is 0 Å². The molecule has 0 unspecified atom stereocenters. The summed E-state index contributed by atoms with van der Waals surface area (Å²) in [6.45, 7) is 18.2. The van der Waals surface area contributed by atoms with Gasteiger partial charge in [0, 0.05) is 11.3 Å². The first-order valence-corrected chi connectivity index (χ1v) is 14.2. The third-order valence-electron chi connectivity index (χ3n) is 14.0. The van der Waals surface area contributed by atoms with Crippen molar-refractivity contribution in [3.63, 3.8) is 0 Å². The number of hydrogen-bond acceptors (Lipinski definition) is 4. The van der Waals surface area contributed by atoms with Gasteiger partial charge in [-0.25, -0.2) is 0 Å². The fraction of sp³-hybridized carbons (Fsp3) is 0.933. The Kier molecular flexibility index (Phi) is 4.13. The minimum absolute atomic E-state index is 0.00298. The first-order chi connectivity index (χ1) is 15.8. The minimum atomic E-state index is -0.887. The molecular weight excluding hydrogens is 424 g/mol. The Balaban J connectivity index is 1.33. The Hall–Kier alpha value is -0.420. The molecule has 2 heterocycles. The van der Waals surface area contributed by atoms with Gasteiger partial charge in [-0.1, -0.05) is 41.2 Å². The van der Waals surface area contributed by atoms with Gasteiger partial charge >= 0.3 is 0 Å². The average molecular weight is 471 g/mol. The molecule has 5 saturated carbocycles. The van der Waals surface area contributed by atoms with Crippen LogP contribution in [0.5, 0.6) is 0 Å². The summed E-state index contributed by atoms with van der Waals surface area (Å²) in [5, 5.41) is 23.3. The molecule has 0 amide bonds. The molecule has 2 saturated heterocycles. The van der Waals surface area contributed by atoms with Crippen molar-refractivity contribution in [2.75, 3.05) is 0 Å². The number of aliphatic hydroxyl groups is 2. The normalized spacial score (nSPS) is 64.8. The van der Waals surface area contributed by atoms with E-state index in [1.165, 1.54) is 25.7 Å². The number of fused-ring (bicyclic) bond motifs is 4. The van der Waals surface area contributed by atoms with Crippen LogP contribution in [-0.4, -0.2) is 40.4 Å². The Morgan fingerprint density at radius 3 is 2.29 bits per heavy atom. The molecule has 13 atom stereocenters. The predicted molar refractivity (Wildman–Crippen MR) is 131 cm³/mol. The topological polar surface area (TPSA) is 58.9 Å². The van der Waals surface area contributed by atoms with Crippen LogP contribution in [0.1, 0.15) is 92.9 Å². The average Bonchev–Trinajstić information content (AvgIpc) is 3.29. The quantitative estimate of drug-likeness (QED) is 0.500. The van der Waals surface area contributed by atoms with E-state index in [2.05, 4.69) is 41.2 Å². The van der Waals surface area contributed by atoms with Crippen molar-refractivity contribution in [3.8, 4) is 0 Å². The van der Waals surface area contributed by atoms with Gasteiger partial charge in [0.2, 0.25) is 0 Å². The fourth-order valence-electron chi connectivity index (χ4n) is 12.5. The summed E-state index contributed by atoms with van der Waals surface area (Å²) in [6.07, 6.45) is 8.29. The molecule has 2 N–H and O–H groups in total. The highest BCUT2D eigenvalue weighted by atomic mass is 16.8. The molecule has 0 aromatic carbocycles. The minimum Gasteiger partial charge on any atom is -0.393 e. The molecular formula is C30H46O4. The monoisotopic (exact) mass is 470 g/mol. The van der Waals surface area contributed by atoms with Crippen LogP contribution in [0.3, 0.4) is 0 Å². The number of aliphatic hydroxyl groups excluding tert-OH is 2. The van der Waals surface area contributed by atoms with E-state index in [1.807, 2.05) is 6.92 Å². The van der Waals surface area contributed by atoms with Crippen molar-refractivity contribution in [1.82, 2.24) is 0 Å². The van der Waals surface area contributed by atoms with E-state index in [-0.39, 0.29) is 40.5 Å². The van der Waals surface area contributed by atoms with Crippen molar-refractivity contribution in [2.24, 2.45) is 50.7 Å². The second-order valence-electron chi connectivity index (χ2n) is 15.1. The molecule has 0 radical (unpaired) electrons. The van der Waals surface area contributed by atoms with Gasteiger partial charge in [0.05, 0.1) is 12.2 Å². The number of ether oxygens (including phenoxy) is 2. The fourth-order valence-corrected chi connectivity index (χ4v) is 12.5. The van der Waals surface area contributed by atoms with Gasteiger partial charge < -0.3 is 19.7 Å². The first kappa shape index (κ1) is 22.8. The highest BCUT2D eigenvalue weighted by molar-refractivity contribution is 5.34. The van der Waals surface area contributed by atoms with Crippen LogP contribution in [0.15, 0.2) is 12.2 Å². The molecule has 4 nitrogen and oxygen atoms in total. The van der Waals surface area contributed by atoms with Crippen molar-refractivity contribution in [2.45, 2.75) is 123 Å². The van der Waals surface area contributed by atoms with Gasteiger partial charge in [0.1, 0.15) is 12.2 Å². The summed E-state index contributed by atoms with van der Waals surface area (Å²) in [6, 6.07) is 0. The lowest BCUT2D eigenvalue weighted by molar-refractivity contribution is -0.277. The van der Waals surface area contributed by atoms with Crippen LogP contribution >= 0.6 is 0 Å². The van der Waals surface area contributed by atoms with E-state index in [1.54, 1.807) is 0 Å². The summed E-state index contributed by atoms with van der Waals surface area (Å²) >= 11 is 0. The molecule has 0 aromatic rings. The van der Waals surface area contributed by atoms with E-state index in [9.17, 15) is 10.2 Å². The molecule has 3 spiro atoms. The number of hydrogen-bond donors (Lipinski definition) is 2. The maximum absolute atomic E-state index is 12.4. The zero-order valence-corrected chi connectivity index (χ0v) is 22.2. The molecule has 2 aliphatic heterocycles. The Morgan fingerprint density at radius 2 is 1.59 bits per heavy atom. The Labute approximate surface area is 205 Å². The summed E-state index contributed by atoms with van der Waals surface area (Å²) in [5.41, 5.74) is 1.47. The molecule has 4 heteroatoms. The summed E-state index contributed by atoms with van der Waals surface area (Å²) < 4.78 is 13.6. The van der Waals surface area contributed by atoms with Gasteiger partial charge in [-0.3, -0.25) is 0 Å². The summed E-state index contributed by atoms with van der Waals surface area (Å²) in [5.74, 6) is 0.892. The lowest BCUT2D eigenvalue weighted by Crippen LogP contribution is -2.60. The van der Waals surface area contributed by atoms with E-state index < -0.39 is 11.9 Å². The van der Waals surface area contributed by atoms with Crippen LogP contribution in [0, 0.1) is 50.7 Å². The second-order valence-corrected chi connectivity index (χ2v) is 15.1. The third kappa shape index (κ3) is 2.07. The van der Waals surface area contributed by atoms with Crippen LogP contribution in [0.4, 0.5) is 0 Å². The van der Waals surface area contributed by atoms with Gasteiger partial charge in [-0.15, -0.1) is 0 Å². The summed E-state index contributed by atoms with van der Waals surface area (Å²) in [4.78, 5) is 0. The molecule has 2 bridgehead atoms. The lowest BCUT2D eigenvalue weighted by Gasteiger charge is -2.63.